The van der Waals surface area contributed by atoms with Crippen LogP contribution < -0.4 is 0 Å². The first-order chi connectivity index (χ1) is 55.9. The highest BCUT2D eigenvalue weighted by molar-refractivity contribution is 9.11. The summed E-state index contributed by atoms with van der Waals surface area (Å²) in [6.45, 7) is 22.0. The number of ether oxygens (including phenoxy) is 3. The van der Waals surface area contributed by atoms with Crippen LogP contribution >= 0.6 is 79.6 Å². The fraction of sp³-hybridized carbons (Fsp3) is 0.453. The Morgan fingerprint density at radius 3 is 1.28 bits per heavy atom. The molecule has 116 heavy (non-hydrogen) atoms. The van der Waals surface area contributed by atoms with Crippen molar-refractivity contribution in [1.29, 1.82) is 0 Å². The van der Waals surface area contributed by atoms with E-state index >= 15 is 0 Å². The van der Waals surface area contributed by atoms with Crippen LogP contribution in [-0.2, 0) is 143 Å². The third-order valence-electron chi connectivity index (χ3n) is 28.1. The van der Waals surface area contributed by atoms with E-state index in [0.29, 0.717) is 35.4 Å². The molecule has 0 radical (unpaired) electrons. The molecule has 0 N–H and O–H groups in total. The summed E-state index contributed by atoms with van der Waals surface area (Å²) in [6, 6.07) is 34.5. The van der Waals surface area contributed by atoms with Gasteiger partial charge < -0.3 is 14.2 Å². The smallest absolute Gasteiger partial charge is 0.167 e. The third-order valence-corrected chi connectivity index (χ3v) is 32.8. The number of ketones is 2. The molecule has 9 aromatic rings. The van der Waals surface area contributed by atoms with Crippen LogP contribution in [0, 0.1) is 57.3 Å². The van der Waals surface area contributed by atoms with Crippen LogP contribution in [0.1, 0.15) is 281 Å². The van der Waals surface area contributed by atoms with Crippen LogP contribution in [0.2, 0.25) is 0 Å². The number of hydrogen-bond donors (Lipinski definition) is 0. The minimum atomic E-state index is 0.144. The van der Waals surface area contributed by atoms with Gasteiger partial charge in [0.15, 0.2) is 11.6 Å². The third kappa shape index (κ3) is 16.2. The topological polar surface area (TPSA) is 61.8 Å². The lowest BCUT2D eigenvalue weighted by molar-refractivity contribution is 0.0690. The summed E-state index contributed by atoms with van der Waals surface area (Å²) in [5.41, 5.74) is 50.6. The van der Waals surface area contributed by atoms with Gasteiger partial charge in [-0.1, -0.05) is 217 Å². The van der Waals surface area contributed by atoms with Gasteiger partial charge in [-0.05, 0) is 404 Å². The number of Topliss-reactive ketones (excluding diaryl/α,β-unsaturated/α-hetero) is 2. The summed E-state index contributed by atoms with van der Waals surface area (Å²) in [7, 11) is 5.52. The molecule has 0 saturated heterocycles. The van der Waals surface area contributed by atoms with Gasteiger partial charge in [-0.15, -0.1) is 0 Å². The highest BCUT2D eigenvalue weighted by Gasteiger charge is 2.40. The van der Waals surface area contributed by atoms with Gasteiger partial charge in [-0.25, -0.2) is 0 Å². The Kier molecular flexibility index (Phi) is 25.6. The number of carbonyl (C=O) groups excluding carboxylic acids is 2. The molecule has 5 nitrogen and oxygen atoms in total. The van der Waals surface area contributed by atoms with E-state index < -0.39 is 0 Å². The molecule has 22 rings (SSSR count). The molecule has 606 valence electrons. The Balaban J connectivity index is 0.000000103. The Bertz CT molecular complexity index is 5380. The van der Waals surface area contributed by atoms with E-state index in [-0.39, 0.29) is 24.0 Å². The van der Waals surface area contributed by atoms with Crippen LogP contribution in [0.3, 0.4) is 0 Å². The Hall–Kier alpha value is -5.66. The fourth-order valence-corrected chi connectivity index (χ4v) is 27.1. The maximum absolute atomic E-state index is 12.1. The van der Waals surface area contributed by atoms with Crippen molar-refractivity contribution < 1.29 is 23.8 Å². The van der Waals surface area contributed by atoms with Gasteiger partial charge in [0, 0.05) is 66.7 Å². The molecule has 0 heterocycles. The van der Waals surface area contributed by atoms with Crippen molar-refractivity contribution in [2.75, 3.05) is 21.3 Å². The molecule has 13 aliphatic carbocycles. The molecule has 0 aliphatic heterocycles. The largest absolute Gasteiger partial charge is 0.376 e. The molecular weight excluding hydrogens is 1750 g/mol. The molecule has 0 amide bonds. The number of rotatable bonds is 5. The molecular formula is C106H117Br5O5. The first kappa shape index (κ1) is 84.0. The van der Waals surface area contributed by atoms with E-state index in [4.69, 9.17) is 14.2 Å². The second-order valence-corrected chi connectivity index (χ2v) is 40.6. The van der Waals surface area contributed by atoms with Gasteiger partial charge in [-0.3, -0.25) is 9.59 Å². The lowest BCUT2D eigenvalue weighted by Gasteiger charge is -2.18. The normalized spacial score (nSPS) is 22.0. The zero-order valence-electron chi connectivity index (χ0n) is 70.9. The van der Waals surface area contributed by atoms with Gasteiger partial charge in [0.2, 0.25) is 0 Å². The molecule has 0 fully saturated rings. The van der Waals surface area contributed by atoms with Crippen molar-refractivity contribution in [3.63, 3.8) is 0 Å². The molecule has 0 aromatic heterocycles. The molecule has 0 bridgehead atoms. The number of hydrogen-bond acceptors (Lipinski definition) is 5. The van der Waals surface area contributed by atoms with Gasteiger partial charge in [0.1, 0.15) is 0 Å². The van der Waals surface area contributed by atoms with Crippen molar-refractivity contribution in [2.45, 2.75) is 261 Å². The van der Waals surface area contributed by atoms with E-state index in [0.717, 1.165) is 67.0 Å². The standard InChI is InChI=1S/C22H26O.C21H22.C14H16Br2O.C14H17BrO.C13H12Br2O.C13H14O.C9H10/c1-13-8-14(2)10-17(9-13)21-18-7-5-6-16(18)12-20-19(21)11-15(3)22(20)23-4;1-13-7-14(2)10-18(9-13)21-19-6-4-5-16(19)12-17-8-15(3)11-20(17)21;1-7-6-10-11(14(7)17-2)13(16)9-5-3-4-8(9)12(10)15;1-8-6-11-12(14(8)16-2)7-9-4-3-5-10(9)13(11)15;1-6-5-9-10(13(6)16)12(15)8-4-2-3-7(8)11(9)14;1-8-5-11-6-9-3-2-4-10(9)7-12(11)13(8)14;1-2-5-9-7-3-6-8(9)4-1/h8-10,12,15,22H,5-7,11H2,1-4H3;7-10,12H,4-6,11H2,1-3H3;7,14H,3-6H2,1-2H3;7-8,14H,3-6H2,1-2H3;6H,2-5H2,1H3;6-8H,2-5H2,1H3;1-2,4-5H,3,6-7H2. The Morgan fingerprint density at radius 1 is 0.319 bits per heavy atom. The summed E-state index contributed by atoms with van der Waals surface area (Å²) in [5, 5.41) is 0. The van der Waals surface area contributed by atoms with Crippen molar-refractivity contribution in [1.82, 2.24) is 0 Å². The summed E-state index contributed by atoms with van der Waals surface area (Å²) < 4.78 is 23.5. The molecule has 8 atom stereocenters. The van der Waals surface area contributed by atoms with E-state index in [1.807, 2.05) is 35.2 Å². The lowest BCUT2D eigenvalue weighted by Crippen LogP contribution is -2.06. The number of methoxy groups -OCH3 is 3. The highest BCUT2D eigenvalue weighted by Crippen LogP contribution is 2.53. The lowest BCUT2D eigenvalue weighted by atomic mass is 9.88. The molecule has 9 aromatic carbocycles. The van der Waals surface area contributed by atoms with E-state index in [1.165, 1.54) is 262 Å². The zero-order chi connectivity index (χ0) is 81.4. The van der Waals surface area contributed by atoms with Gasteiger partial charge in [0.05, 0.1) is 18.3 Å². The van der Waals surface area contributed by atoms with Crippen LogP contribution in [-0.4, -0.2) is 32.9 Å². The van der Waals surface area contributed by atoms with Crippen molar-refractivity contribution >= 4 is 97.3 Å². The molecule has 0 spiro atoms. The van der Waals surface area contributed by atoms with Crippen molar-refractivity contribution in [3.8, 4) is 22.3 Å². The second kappa shape index (κ2) is 35.4. The fourth-order valence-electron chi connectivity index (χ4n) is 22.9. The number of fused-ring (bicyclic) bond motifs is 13. The summed E-state index contributed by atoms with van der Waals surface area (Å²) in [4.78, 5) is 23.9. The summed E-state index contributed by atoms with van der Waals surface area (Å²) >= 11 is 18.8. The summed E-state index contributed by atoms with van der Waals surface area (Å²) in [6.07, 6.45) is 35.8. The molecule has 0 saturated carbocycles. The van der Waals surface area contributed by atoms with Crippen LogP contribution in [0.15, 0.2) is 119 Å². The minimum absolute atomic E-state index is 0.144. The predicted octanol–water partition coefficient (Wildman–Crippen LogP) is 28.0. The first-order valence-electron chi connectivity index (χ1n) is 43.8. The molecule has 10 heteroatoms. The van der Waals surface area contributed by atoms with Gasteiger partial charge in [-0.2, -0.15) is 0 Å². The quantitative estimate of drug-likeness (QED) is 0.172. The molecule has 8 unspecified atom stereocenters. The van der Waals surface area contributed by atoms with Gasteiger partial charge in [0.25, 0.3) is 0 Å². The number of benzene rings is 9. The first-order valence-corrected chi connectivity index (χ1v) is 47.8. The van der Waals surface area contributed by atoms with Crippen LogP contribution in [0.4, 0.5) is 0 Å². The maximum Gasteiger partial charge on any atom is 0.167 e. The molecule has 13 aliphatic rings. The average molecular weight is 1870 g/mol. The average Bonchev–Trinajstić information content (AvgIpc) is 1.60. The monoisotopic (exact) mass is 1860 g/mol. The second-order valence-electron chi connectivity index (χ2n) is 36.6. The predicted molar refractivity (Wildman–Crippen MR) is 497 cm³/mol. The van der Waals surface area contributed by atoms with Gasteiger partial charge >= 0.3 is 0 Å². The number of halogens is 5. The highest BCUT2D eigenvalue weighted by atomic mass is 79.9. The number of carbonyl (C=O) groups is 2. The Morgan fingerprint density at radius 2 is 0.724 bits per heavy atom. The van der Waals surface area contributed by atoms with Crippen LogP contribution in [0.25, 0.3) is 28.3 Å². The zero-order valence-corrected chi connectivity index (χ0v) is 78.8. The Labute approximate surface area is 734 Å². The van der Waals surface area contributed by atoms with E-state index in [1.54, 1.807) is 61.2 Å². The maximum atomic E-state index is 12.1. The van der Waals surface area contributed by atoms with E-state index in [9.17, 15) is 9.59 Å². The van der Waals surface area contributed by atoms with Crippen molar-refractivity contribution in [3.05, 3.63) is 286 Å². The van der Waals surface area contributed by atoms with Crippen LogP contribution in [0.5, 0.6) is 0 Å². The minimum Gasteiger partial charge on any atom is -0.376 e. The van der Waals surface area contributed by atoms with E-state index in [2.05, 4.69) is 232 Å². The number of allylic oxidation sites excluding steroid dienone is 1. The number of aryl methyl sites for hydroxylation is 11. The summed E-state index contributed by atoms with van der Waals surface area (Å²) in [5.74, 6) is 2.77. The SMILES string of the molecule is CC1=Cc2cc3c(c(-c4cc(C)cc(C)c4)c2C1)CCC3.CC1Cc2c(Br)c3c(c(Br)c2C1=O)CCC3.CC1Cc2cc3c(cc2C1=O)CCC3.COC1c2c(Br)c3c(c(Br)c2CC1C)CCC3.COC1c2cc3c(c(-c4cc(C)cc(C)c4)c2CC1C)CCC3.COC1c2cc3c(c(Br)c2CC1C)CCC3.c1ccc2c(c1)CCC2. The van der Waals surface area contributed by atoms with Crippen molar-refractivity contribution in [2.24, 2.45) is 29.6 Å².